The van der Waals surface area contributed by atoms with Crippen molar-refractivity contribution in [1.82, 2.24) is 0 Å². The molecule has 1 aliphatic heterocycles. The first-order chi connectivity index (χ1) is 15.4. The number of anilines is 1. The summed E-state index contributed by atoms with van der Waals surface area (Å²) in [5, 5.41) is 3.66. The molecule has 1 aromatic heterocycles. The average Bonchev–Trinajstić information content (AvgIpc) is 2.94. The Morgan fingerprint density at radius 3 is 2.50 bits per heavy atom. The van der Waals surface area contributed by atoms with E-state index < -0.39 is 0 Å². The topological polar surface area (TPSA) is 68.5 Å². The molecule has 0 atom stereocenters. The van der Waals surface area contributed by atoms with Crippen LogP contribution in [0.4, 0.5) is 5.69 Å². The van der Waals surface area contributed by atoms with Gasteiger partial charge in [-0.15, -0.1) is 0 Å². The number of aryl methyl sites for hydroxylation is 3. The Morgan fingerprint density at radius 1 is 1.00 bits per heavy atom. The monoisotopic (exact) mass is 431 g/mol. The lowest BCUT2D eigenvalue weighted by molar-refractivity contribution is 0.0301. The van der Waals surface area contributed by atoms with Crippen molar-refractivity contribution >= 4 is 28.3 Å². The van der Waals surface area contributed by atoms with Crippen molar-refractivity contribution < 1.29 is 18.7 Å². The van der Waals surface area contributed by atoms with Crippen molar-refractivity contribution in [3.63, 3.8) is 0 Å². The summed E-state index contributed by atoms with van der Waals surface area (Å²) in [7, 11) is 0. The minimum absolute atomic E-state index is 0.0872. The van der Waals surface area contributed by atoms with Crippen LogP contribution in [0.25, 0.3) is 11.0 Å². The Hall–Kier alpha value is -3.08. The van der Waals surface area contributed by atoms with Crippen molar-refractivity contribution in [1.29, 1.82) is 0 Å². The number of nitrogens with one attached hydrogen (secondary N) is 1. The first-order valence-electron chi connectivity index (χ1n) is 11.5. The second-order valence-electron chi connectivity index (χ2n) is 9.44. The number of ketones is 1. The van der Waals surface area contributed by atoms with Crippen molar-refractivity contribution in [2.75, 3.05) is 5.32 Å². The van der Waals surface area contributed by atoms with E-state index in [9.17, 15) is 9.59 Å². The van der Waals surface area contributed by atoms with Crippen LogP contribution < -0.4 is 10.1 Å². The third kappa shape index (κ3) is 3.50. The Morgan fingerprint density at radius 2 is 1.75 bits per heavy atom. The van der Waals surface area contributed by atoms with Gasteiger partial charge in [0, 0.05) is 16.6 Å². The maximum atomic E-state index is 13.4. The number of amides is 1. The van der Waals surface area contributed by atoms with E-state index in [1.54, 1.807) is 0 Å². The number of benzene rings is 2. The molecule has 166 valence electrons. The van der Waals surface area contributed by atoms with Gasteiger partial charge in [-0.3, -0.25) is 9.59 Å². The summed E-state index contributed by atoms with van der Waals surface area (Å²) < 4.78 is 12.5. The van der Waals surface area contributed by atoms with Gasteiger partial charge in [-0.25, -0.2) is 0 Å². The Bertz CT molecular complexity index is 1230. The SMILES string of the molecule is Cc1ccc(C)c(NC(=O)c2oc3ccc4c(c3c2C)C(=O)CC2(CCCCCC2)O4)c1. The van der Waals surface area contributed by atoms with Gasteiger partial charge in [-0.05, 0) is 75.8 Å². The number of fused-ring (bicyclic) bond motifs is 3. The summed E-state index contributed by atoms with van der Waals surface area (Å²) in [5.74, 6) is 0.632. The van der Waals surface area contributed by atoms with E-state index in [1.165, 1.54) is 12.8 Å². The van der Waals surface area contributed by atoms with E-state index in [-0.39, 0.29) is 23.1 Å². The summed E-state index contributed by atoms with van der Waals surface area (Å²) in [4.78, 5) is 26.4. The number of Topliss-reactive ketones (excluding diaryl/α,β-unsaturated/α-hetero) is 1. The van der Waals surface area contributed by atoms with Gasteiger partial charge in [0.05, 0.1) is 12.0 Å². The number of rotatable bonds is 2. The molecule has 1 saturated carbocycles. The normalized spacial score (nSPS) is 17.7. The fourth-order valence-electron chi connectivity index (χ4n) is 5.25. The average molecular weight is 432 g/mol. The fraction of sp³-hybridized carbons (Fsp3) is 0.407. The number of furan rings is 1. The highest BCUT2D eigenvalue weighted by atomic mass is 16.5. The van der Waals surface area contributed by atoms with Crippen LogP contribution >= 0.6 is 0 Å². The van der Waals surface area contributed by atoms with Crippen molar-refractivity contribution in [2.24, 2.45) is 0 Å². The molecular weight excluding hydrogens is 402 g/mol. The molecule has 0 unspecified atom stereocenters. The third-order valence-electron chi connectivity index (χ3n) is 7.01. The second kappa shape index (κ2) is 7.80. The number of carbonyl (C=O) groups excluding carboxylic acids is 2. The molecule has 0 saturated heterocycles. The largest absolute Gasteiger partial charge is 0.486 e. The molecule has 3 aromatic rings. The molecule has 2 aliphatic rings. The minimum atomic E-state index is -0.380. The lowest BCUT2D eigenvalue weighted by Crippen LogP contribution is -2.41. The van der Waals surface area contributed by atoms with E-state index >= 15 is 0 Å². The van der Waals surface area contributed by atoms with Crippen LogP contribution in [0.1, 0.15) is 82.5 Å². The standard InChI is InChI=1S/C27H29NO4/c1-16-8-9-17(2)19(14-16)28-26(30)25-18(3)23-21(31-25)10-11-22-24(23)20(29)15-27(32-22)12-6-4-5-7-13-27/h8-11,14H,4-7,12-13,15H2,1-3H3,(H,28,30). The maximum Gasteiger partial charge on any atom is 0.291 e. The van der Waals surface area contributed by atoms with E-state index in [0.29, 0.717) is 34.3 Å². The number of hydrogen-bond acceptors (Lipinski definition) is 4. The van der Waals surface area contributed by atoms with Crippen molar-refractivity contribution in [3.05, 3.63) is 58.3 Å². The van der Waals surface area contributed by atoms with Gasteiger partial charge in [0.15, 0.2) is 11.5 Å². The number of carbonyl (C=O) groups is 2. The molecule has 1 fully saturated rings. The van der Waals surface area contributed by atoms with Gasteiger partial charge in [-0.2, -0.15) is 0 Å². The summed E-state index contributed by atoms with van der Waals surface area (Å²) in [6.45, 7) is 5.78. The van der Waals surface area contributed by atoms with Crippen LogP contribution in [0.15, 0.2) is 34.7 Å². The van der Waals surface area contributed by atoms with Gasteiger partial charge in [-0.1, -0.05) is 25.0 Å². The van der Waals surface area contributed by atoms with Crippen LogP contribution in [-0.2, 0) is 0 Å². The molecule has 5 heteroatoms. The predicted octanol–water partition coefficient (Wildman–Crippen LogP) is 6.67. The van der Waals surface area contributed by atoms with Gasteiger partial charge in [0.2, 0.25) is 0 Å². The molecule has 0 radical (unpaired) electrons. The maximum absolute atomic E-state index is 13.4. The summed E-state index contributed by atoms with van der Waals surface area (Å²) in [6.07, 6.45) is 6.83. The smallest absolute Gasteiger partial charge is 0.291 e. The summed E-state index contributed by atoms with van der Waals surface area (Å²) in [5.41, 5.74) is 4.20. The summed E-state index contributed by atoms with van der Waals surface area (Å²) in [6, 6.07) is 9.58. The van der Waals surface area contributed by atoms with Gasteiger partial charge >= 0.3 is 0 Å². The molecule has 32 heavy (non-hydrogen) atoms. The predicted molar refractivity (Wildman–Crippen MR) is 125 cm³/mol. The van der Waals surface area contributed by atoms with Crippen LogP contribution in [0.5, 0.6) is 5.75 Å². The van der Waals surface area contributed by atoms with Gasteiger partial charge in [0.1, 0.15) is 16.9 Å². The Kier molecular flexibility index (Phi) is 5.07. The highest BCUT2D eigenvalue weighted by molar-refractivity contribution is 6.15. The molecule has 1 aliphatic carbocycles. The highest BCUT2D eigenvalue weighted by Gasteiger charge is 2.42. The molecule has 1 amide bonds. The number of ether oxygens (including phenoxy) is 1. The van der Waals surface area contributed by atoms with Crippen molar-refractivity contribution in [2.45, 2.75) is 71.3 Å². The summed E-state index contributed by atoms with van der Waals surface area (Å²) >= 11 is 0. The van der Waals surface area contributed by atoms with E-state index in [2.05, 4.69) is 5.32 Å². The highest BCUT2D eigenvalue weighted by Crippen LogP contribution is 2.45. The lowest BCUT2D eigenvalue weighted by Gasteiger charge is -2.37. The second-order valence-corrected chi connectivity index (χ2v) is 9.44. The molecule has 1 N–H and O–H groups in total. The lowest BCUT2D eigenvalue weighted by atomic mass is 9.83. The molecule has 2 heterocycles. The van der Waals surface area contributed by atoms with E-state index in [1.807, 2.05) is 51.1 Å². The zero-order valence-corrected chi connectivity index (χ0v) is 19.0. The van der Waals surface area contributed by atoms with Crippen molar-refractivity contribution in [3.8, 4) is 5.75 Å². The molecule has 1 spiro atoms. The minimum Gasteiger partial charge on any atom is -0.486 e. The zero-order valence-electron chi connectivity index (χ0n) is 19.0. The zero-order chi connectivity index (χ0) is 22.5. The first kappa shape index (κ1) is 20.8. The molecule has 5 rings (SSSR count). The molecule has 2 aromatic carbocycles. The van der Waals surface area contributed by atoms with E-state index in [4.69, 9.17) is 9.15 Å². The first-order valence-corrected chi connectivity index (χ1v) is 11.5. The molecular formula is C27H29NO4. The quantitative estimate of drug-likeness (QED) is 0.492. The van der Waals surface area contributed by atoms with Crippen LogP contribution in [0.2, 0.25) is 0 Å². The van der Waals surface area contributed by atoms with Crippen LogP contribution in [0.3, 0.4) is 0 Å². The Labute approximate surface area is 188 Å². The fourth-order valence-corrected chi connectivity index (χ4v) is 5.25. The van der Waals surface area contributed by atoms with Crippen LogP contribution in [-0.4, -0.2) is 17.3 Å². The van der Waals surface area contributed by atoms with E-state index in [0.717, 1.165) is 42.5 Å². The molecule has 0 bridgehead atoms. The van der Waals surface area contributed by atoms with Gasteiger partial charge < -0.3 is 14.5 Å². The molecule has 5 nitrogen and oxygen atoms in total. The van der Waals surface area contributed by atoms with Crippen LogP contribution in [0, 0.1) is 20.8 Å². The number of hydrogen-bond donors (Lipinski definition) is 1. The Balaban J connectivity index is 1.53. The third-order valence-corrected chi connectivity index (χ3v) is 7.01. The van der Waals surface area contributed by atoms with Gasteiger partial charge in [0.25, 0.3) is 5.91 Å².